The largest absolute Gasteiger partial charge is 0.461 e. The fourth-order valence-electron chi connectivity index (χ4n) is 1.95. The van der Waals surface area contributed by atoms with Gasteiger partial charge in [0.1, 0.15) is 17.6 Å². The van der Waals surface area contributed by atoms with Gasteiger partial charge in [0.2, 0.25) is 0 Å². The standard InChI is InChI=1S/C11H17NO4/c1-11(2,3)16-10(14)12-5-4-8-7(6-12)9(13)15-8/h7-8H,4-6H2,1-3H3/t7-,8+/m0/s1. The highest BCUT2D eigenvalue weighted by Crippen LogP contribution is 2.30. The van der Waals surface area contributed by atoms with E-state index in [-0.39, 0.29) is 24.1 Å². The van der Waals surface area contributed by atoms with Gasteiger partial charge >= 0.3 is 12.1 Å². The van der Waals surface area contributed by atoms with E-state index in [2.05, 4.69) is 0 Å². The van der Waals surface area contributed by atoms with Crippen LogP contribution >= 0.6 is 0 Å². The number of likely N-dealkylation sites (tertiary alicyclic amines) is 1. The molecule has 2 aliphatic rings. The maximum Gasteiger partial charge on any atom is 0.410 e. The Morgan fingerprint density at radius 3 is 2.75 bits per heavy atom. The molecule has 1 amide bonds. The van der Waals surface area contributed by atoms with E-state index in [1.165, 1.54) is 0 Å². The monoisotopic (exact) mass is 227 g/mol. The van der Waals surface area contributed by atoms with Crippen molar-refractivity contribution >= 4 is 12.1 Å². The van der Waals surface area contributed by atoms with E-state index >= 15 is 0 Å². The van der Waals surface area contributed by atoms with Gasteiger partial charge in [0, 0.05) is 19.5 Å². The number of hydrogen-bond acceptors (Lipinski definition) is 4. The van der Waals surface area contributed by atoms with Crippen LogP contribution in [0.1, 0.15) is 27.2 Å². The van der Waals surface area contributed by atoms with Crippen LogP contribution in [0.4, 0.5) is 4.79 Å². The van der Waals surface area contributed by atoms with Crippen molar-refractivity contribution in [3.63, 3.8) is 0 Å². The molecule has 2 saturated heterocycles. The maximum absolute atomic E-state index is 11.7. The van der Waals surface area contributed by atoms with Crippen molar-refractivity contribution < 1.29 is 19.1 Å². The molecule has 0 N–H and O–H groups in total. The van der Waals surface area contributed by atoms with Gasteiger partial charge in [-0.2, -0.15) is 0 Å². The predicted molar refractivity (Wildman–Crippen MR) is 55.8 cm³/mol. The van der Waals surface area contributed by atoms with Crippen LogP contribution in [0.2, 0.25) is 0 Å². The number of carbonyl (C=O) groups is 2. The number of nitrogens with zero attached hydrogens (tertiary/aromatic N) is 1. The lowest BCUT2D eigenvalue weighted by molar-refractivity contribution is -0.191. The van der Waals surface area contributed by atoms with Crippen molar-refractivity contribution in [1.82, 2.24) is 4.90 Å². The Bertz CT molecular complexity index is 320. The van der Waals surface area contributed by atoms with Gasteiger partial charge in [-0.05, 0) is 20.8 Å². The zero-order valence-electron chi connectivity index (χ0n) is 9.86. The third-order valence-electron chi connectivity index (χ3n) is 2.77. The van der Waals surface area contributed by atoms with Crippen LogP contribution in [-0.2, 0) is 14.3 Å². The molecule has 0 saturated carbocycles. The van der Waals surface area contributed by atoms with Crippen molar-refractivity contribution in [3.05, 3.63) is 0 Å². The summed E-state index contributed by atoms with van der Waals surface area (Å²) in [7, 11) is 0. The van der Waals surface area contributed by atoms with E-state index in [1.807, 2.05) is 20.8 Å². The van der Waals surface area contributed by atoms with Crippen LogP contribution in [0, 0.1) is 5.92 Å². The summed E-state index contributed by atoms with van der Waals surface area (Å²) in [5, 5.41) is 0. The van der Waals surface area contributed by atoms with Crippen molar-refractivity contribution in [1.29, 1.82) is 0 Å². The normalized spacial score (nSPS) is 28.9. The molecule has 90 valence electrons. The van der Waals surface area contributed by atoms with Gasteiger partial charge in [0.25, 0.3) is 0 Å². The summed E-state index contributed by atoms with van der Waals surface area (Å²) < 4.78 is 10.2. The summed E-state index contributed by atoms with van der Waals surface area (Å²) >= 11 is 0. The molecule has 5 heteroatoms. The molecule has 5 nitrogen and oxygen atoms in total. The third kappa shape index (κ3) is 2.13. The quantitative estimate of drug-likeness (QED) is 0.583. The molecule has 0 aromatic rings. The molecule has 2 aliphatic heterocycles. The number of fused-ring (bicyclic) bond motifs is 1. The molecule has 2 fully saturated rings. The minimum Gasteiger partial charge on any atom is -0.461 e. The number of hydrogen-bond donors (Lipinski definition) is 0. The molecule has 16 heavy (non-hydrogen) atoms. The SMILES string of the molecule is CC(C)(C)OC(=O)N1CC[C@H]2OC(=O)[C@H]2C1. The smallest absolute Gasteiger partial charge is 0.410 e. The van der Waals surface area contributed by atoms with Crippen LogP contribution in [0.15, 0.2) is 0 Å². The minimum atomic E-state index is -0.492. The van der Waals surface area contributed by atoms with Crippen molar-refractivity contribution in [3.8, 4) is 0 Å². The second-order valence-corrected chi connectivity index (χ2v) is 5.30. The van der Waals surface area contributed by atoms with Crippen LogP contribution in [-0.4, -0.2) is 41.8 Å². The van der Waals surface area contributed by atoms with Gasteiger partial charge in [-0.15, -0.1) is 0 Å². The number of rotatable bonds is 0. The van der Waals surface area contributed by atoms with Gasteiger partial charge in [-0.1, -0.05) is 0 Å². The van der Waals surface area contributed by atoms with Crippen molar-refractivity contribution in [2.24, 2.45) is 5.92 Å². The number of ether oxygens (including phenoxy) is 2. The second-order valence-electron chi connectivity index (χ2n) is 5.30. The average Bonchev–Trinajstić information content (AvgIpc) is 2.13. The number of carbonyl (C=O) groups excluding carboxylic acids is 2. The summed E-state index contributed by atoms with van der Waals surface area (Å²) in [4.78, 5) is 24.5. The highest BCUT2D eigenvalue weighted by molar-refractivity contribution is 5.80. The summed E-state index contributed by atoms with van der Waals surface area (Å²) in [5.74, 6) is -0.334. The molecular weight excluding hydrogens is 210 g/mol. The van der Waals surface area contributed by atoms with E-state index < -0.39 is 5.60 Å². The molecule has 0 aliphatic carbocycles. The molecule has 2 rings (SSSR count). The Morgan fingerprint density at radius 1 is 1.50 bits per heavy atom. The second kappa shape index (κ2) is 3.64. The van der Waals surface area contributed by atoms with Crippen LogP contribution in [0.25, 0.3) is 0 Å². The average molecular weight is 227 g/mol. The first-order valence-corrected chi connectivity index (χ1v) is 5.55. The first kappa shape index (κ1) is 11.2. The van der Waals surface area contributed by atoms with Crippen LogP contribution in [0.5, 0.6) is 0 Å². The lowest BCUT2D eigenvalue weighted by Crippen LogP contribution is -2.57. The molecule has 2 atom stereocenters. The first-order valence-electron chi connectivity index (χ1n) is 5.55. The summed E-state index contributed by atoms with van der Waals surface area (Å²) in [6.45, 7) is 6.52. The topological polar surface area (TPSA) is 55.8 Å². The predicted octanol–water partition coefficient (Wildman–Crippen LogP) is 1.17. The molecule has 0 radical (unpaired) electrons. The van der Waals surface area contributed by atoms with E-state index in [0.717, 1.165) is 6.42 Å². The lowest BCUT2D eigenvalue weighted by atomic mass is 9.90. The molecule has 0 bridgehead atoms. The number of amides is 1. The highest BCUT2D eigenvalue weighted by atomic mass is 16.6. The summed E-state index contributed by atoms with van der Waals surface area (Å²) in [6.07, 6.45) is 0.396. The van der Waals surface area contributed by atoms with Gasteiger partial charge in [-0.25, -0.2) is 4.79 Å². The molecular formula is C11H17NO4. The third-order valence-corrected chi connectivity index (χ3v) is 2.77. The fourth-order valence-corrected chi connectivity index (χ4v) is 1.95. The number of piperidine rings is 1. The first-order chi connectivity index (χ1) is 7.37. The highest BCUT2D eigenvalue weighted by Gasteiger charge is 2.47. The molecule has 0 unspecified atom stereocenters. The summed E-state index contributed by atoms with van der Waals surface area (Å²) in [6, 6.07) is 0. The fraction of sp³-hybridized carbons (Fsp3) is 0.818. The van der Waals surface area contributed by atoms with Crippen molar-refractivity contribution in [2.45, 2.75) is 38.9 Å². The Kier molecular flexibility index (Phi) is 2.56. The van der Waals surface area contributed by atoms with Gasteiger partial charge in [-0.3, -0.25) is 4.79 Å². The molecule has 0 aromatic carbocycles. The summed E-state index contributed by atoms with van der Waals surface area (Å²) in [5.41, 5.74) is -0.492. The minimum absolute atomic E-state index is 0.0196. The Balaban J connectivity index is 1.91. The lowest BCUT2D eigenvalue weighted by Gasteiger charge is -2.43. The maximum atomic E-state index is 11.7. The van der Waals surface area contributed by atoms with Gasteiger partial charge < -0.3 is 14.4 Å². The van der Waals surface area contributed by atoms with Crippen molar-refractivity contribution in [2.75, 3.05) is 13.1 Å². The van der Waals surface area contributed by atoms with Crippen LogP contribution < -0.4 is 0 Å². The van der Waals surface area contributed by atoms with E-state index in [4.69, 9.17) is 9.47 Å². The molecule has 2 heterocycles. The zero-order chi connectivity index (χ0) is 11.9. The molecule has 0 spiro atoms. The Labute approximate surface area is 94.7 Å². The van der Waals surface area contributed by atoms with Gasteiger partial charge in [0.05, 0.1) is 0 Å². The van der Waals surface area contributed by atoms with Gasteiger partial charge in [0.15, 0.2) is 0 Å². The van der Waals surface area contributed by atoms with E-state index in [0.29, 0.717) is 13.1 Å². The Morgan fingerprint density at radius 2 is 2.19 bits per heavy atom. The van der Waals surface area contributed by atoms with Crippen LogP contribution in [0.3, 0.4) is 0 Å². The zero-order valence-corrected chi connectivity index (χ0v) is 9.86. The van der Waals surface area contributed by atoms with E-state index in [9.17, 15) is 9.59 Å². The number of esters is 1. The Hall–Kier alpha value is -1.26. The molecule has 0 aromatic heterocycles. The van der Waals surface area contributed by atoms with E-state index in [1.54, 1.807) is 4.90 Å².